The second-order valence-corrected chi connectivity index (χ2v) is 8.10. The van der Waals surface area contributed by atoms with Gasteiger partial charge in [-0.2, -0.15) is 8.42 Å². The number of rotatable bonds is 7. The lowest BCUT2D eigenvalue weighted by Crippen LogP contribution is -2.40. The molecule has 1 heterocycles. The summed E-state index contributed by atoms with van der Waals surface area (Å²) in [6, 6.07) is 6.55. The highest BCUT2D eigenvalue weighted by atomic mass is 32.2. The molecule has 1 aliphatic heterocycles. The highest BCUT2D eigenvalue weighted by Crippen LogP contribution is 2.22. The fourth-order valence-corrected chi connectivity index (χ4v) is 3.74. The minimum absolute atomic E-state index is 0.127. The van der Waals surface area contributed by atoms with Gasteiger partial charge in [-0.05, 0) is 44.2 Å². The molecule has 0 radical (unpaired) electrons. The number of carbonyl (C=O) groups is 2. The van der Waals surface area contributed by atoms with Crippen LogP contribution in [-0.2, 0) is 28.6 Å². The van der Waals surface area contributed by atoms with Crippen LogP contribution in [0.4, 0.5) is 0 Å². The van der Waals surface area contributed by atoms with Crippen molar-refractivity contribution in [3.63, 3.8) is 0 Å². The van der Waals surface area contributed by atoms with Crippen LogP contribution in [0.3, 0.4) is 0 Å². The van der Waals surface area contributed by atoms with Crippen LogP contribution in [0.1, 0.15) is 31.7 Å². The number of nitrogens with zero attached hydrogens (tertiary/aromatic N) is 1. The molecule has 1 aromatic rings. The number of esters is 1. The smallest absolute Gasteiger partial charge is 0.303 e. The van der Waals surface area contributed by atoms with Crippen LogP contribution in [0, 0.1) is 12.8 Å². The SMILES string of the molecule is CC(=O)OCC(=O)N1CCC(CCOS(=O)(=O)c2ccc(C)cc2)CC1. The van der Waals surface area contributed by atoms with Gasteiger partial charge in [0.2, 0.25) is 0 Å². The van der Waals surface area contributed by atoms with E-state index in [1.165, 1.54) is 19.1 Å². The predicted octanol–water partition coefficient (Wildman–Crippen LogP) is 1.89. The number of amides is 1. The summed E-state index contributed by atoms with van der Waals surface area (Å²) in [5.41, 5.74) is 0.985. The van der Waals surface area contributed by atoms with Gasteiger partial charge >= 0.3 is 5.97 Å². The van der Waals surface area contributed by atoms with Crippen molar-refractivity contribution >= 4 is 22.0 Å². The van der Waals surface area contributed by atoms with Crippen molar-refractivity contribution in [3.05, 3.63) is 29.8 Å². The van der Waals surface area contributed by atoms with Crippen molar-refractivity contribution in [2.24, 2.45) is 5.92 Å². The molecule has 0 aliphatic carbocycles. The highest BCUT2D eigenvalue weighted by Gasteiger charge is 2.24. The molecule has 1 amide bonds. The first-order chi connectivity index (χ1) is 12.3. The quantitative estimate of drug-likeness (QED) is 0.528. The summed E-state index contributed by atoms with van der Waals surface area (Å²) >= 11 is 0. The summed E-state index contributed by atoms with van der Waals surface area (Å²) in [6.07, 6.45) is 2.18. The summed E-state index contributed by atoms with van der Waals surface area (Å²) in [4.78, 5) is 24.5. The Hall–Kier alpha value is -1.93. The fraction of sp³-hybridized carbons (Fsp3) is 0.556. The number of aryl methyl sites for hydroxylation is 1. The zero-order valence-corrected chi connectivity index (χ0v) is 16.0. The van der Waals surface area contributed by atoms with E-state index < -0.39 is 16.1 Å². The lowest BCUT2D eigenvalue weighted by atomic mass is 9.94. The second kappa shape index (κ2) is 9.14. The fourth-order valence-electron chi connectivity index (χ4n) is 2.82. The molecular formula is C18H25NO6S. The van der Waals surface area contributed by atoms with E-state index in [1.807, 2.05) is 6.92 Å². The molecule has 0 unspecified atom stereocenters. The molecule has 144 valence electrons. The standard InChI is InChI=1S/C18H25NO6S/c1-14-3-5-17(6-4-14)26(22,23)25-12-9-16-7-10-19(11-8-16)18(21)13-24-15(2)20/h3-6,16H,7-13H2,1-2H3. The maximum absolute atomic E-state index is 12.1. The number of benzene rings is 1. The summed E-state index contributed by atoms with van der Waals surface area (Å²) in [5.74, 6) is -0.363. The molecule has 8 heteroatoms. The van der Waals surface area contributed by atoms with E-state index in [2.05, 4.69) is 0 Å². The molecule has 0 saturated carbocycles. The Morgan fingerprint density at radius 3 is 2.35 bits per heavy atom. The van der Waals surface area contributed by atoms with Crippen molar-refractivity contribution < 1.29 is 26.9 Å². The van der Waals surface area contributed by atoms with Crippen LogP contribution in [0.2, 0.25) is 0 Å². The summed E-state index contributed by atoms with van der Waals surface area (Å²) < 4.78 is 34.1. The van der Waals surface area contributed by atoms with Gasteiger partial charge in [-0.1, -0.05) is 17.7 Å². The van der Waals surface area contributed by atoms with Crippen LogP contribution in [0.15, 0.2) is 29.2 Å². The van der Waals surface area contributed by atoms with Crippen molar-refractivity contribution in [1.29, 1.82) is 0 Å². The Bertz CT molecular complexity index is 721. The minimum Gasteiger partial charge on any atom is -0.456 e. The van der Waals surface area contributed by atoms with Gasteiger partial charge in [-0.15, -0.1) is 0 Å². The third-order valence-corrected chi connectivity index (χ3v) is 5.77. The van der Waals surface area contributed by atoms with E-state index in [1.54, 1.807) is 17.0 Å². The topological polar surface area (TPSA) is 90.0 Å². The third kappa shape index (κ3) is 6.10. The highest BCUT2D eigenvalue weighted by molar-refractivity contribution is 7.86. The van der Waals surface area contributed by atoms with E-state index >= 15 is 0 Å². The van der Waals surface area contributed by atoms with Gasteiger partial charge in [-0.3, -0.25) is 13.8 Å². The van der Waals surface area contributed by atoms with E-state index in [9.17, 15) is 18.0 Å². The zero-order valence-electron chi connectivity index (χ0n) is 15.1. The average molecular weight is 383 g/mol. The lowest BCUT2D eigenvalue weighted by Gasteiger charge is -2.31. The number of piperidine rings is 1. The van der Waals surface area contributed by atoms with Gasteiger partial charge in [0.15, 0.2) is 6.61 Å². The van der Waals surface area contributed by atoms with Crippen molar-refractivity contribution in [1.82, 2.24) is 4.90 Å². The minimum atomic E-state index is -3.73. The monoisotopic (exact) mass is 383 g/mol. The van der Waals surface area contributed by atoms with Gasteiger partial charge in [-0.25, -0.2) is 0 Å². The van der Waals surface area contributed by atoms with Gasteiger partial charge in [0.1, 0.15) is 0 Å². The summed E-state index contributed by atoms with van der Waals surface area (Å²) in [5, 5.41) is 0. The molecular weight excluding hydrogens is 358 g/mol. The Morgan fingerprint density at radius 2 is 1.77 bits per heavy atom. The van der Waals surface area contributed by atoms with Crippen molar-refractivity contribution in [2.75, 3.05) is 26.3 Å². The normalized spacial score (nSPS) is 15.7. The van der Waals surface area contributed by atoms with E-state index in [-0.39, 0.29) is 24.0 Å². The maximum Gasteiger partial charge on any atom is 0.303 e. The van der Waals surface area contributed by atoms with Crippen LogP contribution in [0.5, 0.6) is 0 Å². The first-order valence-corrected chi connectivity index (χ1v) is 10.1. The van der Waals surface area contributed by atoms with E-state index in [0.717, 1.165) is 18.4 Å². The van der Waals surface area contributed by atoms with Gasteiger partial charge in [0, 0.05) is 20.0 Å². The molecule has 1 aliphatic rings. The number of hydrogen-bond donors (Lipinski definition) is 0. The molecule has 0 aromatic heterocycles. The molecule has 0 bridgehead atoms. The molecule has 0 spiro atoms. The van der Waals surface area contributed by atoms with Gasteiger partial charge < -0.3 is 9.64 Å². The van der Waals surface area contributed by atoms with Crippen molar-refractivity contribution in [3.8, 4) is 0 Å². The number of ether oxygens (including phenoxy) is 1. The molecule has 26 heavy (non-hydrogen) atoms. The van der Waals surface area contributed by atoms with Crippen LogP contribution in [-0.4, -0.2) is 51.5 Å². The first-order valence-electron chi connectivity index (χ1n) is 8.65. The van der Waals surface area contributed by atoms with E-state index in [0.29, 0.717) is 25.4 Å². The molecule has 1 saturated heterocycles. The van der Waals surface area contributed by atoms with Crippen LogP contribution in [0.25, 0.3) is 0 Å². The molecule has 1 aromatic carbocycles. The lowest BCUT2D eigenvalue weighted by molar-refractivity contribution is -0.150. The Morgan fingerprint density at radius 1 is 1.15 bits per heavy atom. The van der Waals surface area contributed by atoms with Gasteiger partial charge in [0.25, 0.3) is 16.0 Å². The zero-order chi connectivity index (χ0) is 19.2. The number of likely N-dealkylation sites (tertiary alicyclic amines) is 1. The Labute approximate surface area is 154 Å². The van der Waals surface area contributed by atoms with E-state index in [4.69, 9.17) is 8.92 Å². The number of carbonyl (C=O) groups excluding carboxylic acids is 2. The largest absolute Gasteiger partial charge is 0.456 e. The van der Waals surface area contributed by atoms with Crippen LogP contribution >= 0.6 is 0 Å². The molecule has 7 nitrogen and oxygen atoms in total. The van der Waals surface area contributed by atoms with Gasteiger partial charge in [0.05, 0.1) is 11.5 Å². The van der Waals surface area contributed by atoms with Crippen LogP contribution < -0.4 is 0 Å². The molecule has 0 atom stereocenters. The first kappa shape index (κ1) is 20.4. The van der Waals surface area contributed by atoms with Crippen molar-refractivity contribution in [2.45, 2.75) is 38.0 Å². The Kier molecular flexibility index (Phi) is 7.16. The molecule has 0 N–H and O–H groups in total. The summed E-state index contributed by atoms with van der Waals surface area (Å²) in [7, 11) is -3.73. The average Bonchev–Trinajstić information content (AvgIpc) is 2.60. The maximum atomic E-state index is 12.1. The molecule has 1 fully saturated rings. The number of hydrogen-bond acceptors (Lipinski definition) is 6. The Balaban J connectivity index is 1.72. The second-order valence-electron chi connectivity index (χ2n) is 6.48. The summed E-state index contributed by atoms with van der Waals surface area (Å²) in [6.45, 7) is 4.22. The molecule has 2 rings (SSSR count). The predicted molar refractivity (Wildman–Crippen MR) is 94.9 cm³/mol. The third-order valence-electron chi connectivity index (χ3n) is 4.44.